The van der Waals surface area contributed by atoms with Crippen LogP contribution >= 0.6 is 0 Å². The van der Waals surface area contributed by atoms with E-state index in [9.17, 15) is 0 Å². The van der Waals surface area contributed by atoms with Crippen LogP contribution in [0, 0.1) is 5.41 Å². The first-order valence-electron chi connectivity index (χ1n) is 7.24. The first-order valence-corrected chi connectivity index (χ1v) is 7.24. The molecular weight excluding hydrogens is 228 g/mol. The van der Waals surface area contributed by atoms with Crippen LogP contribution in [-0.4, -0.2) is 37.6 Å². The lowest BCUT2D eigenvalue weighted by Gasteiger charge is -2.29. The summed E-state index contributed by atoms with van der Waals surface area (Å²) in [4.78, 5) is 0. The summed E-state index contributed by atoms with van der Waals surface area (Å²) in [6.45, 7) is 11.7. The van der Waals surface area contributed by atoms with Crippen LogP contribution in [0.2, 0.25) is 0 Å². The molecule has 0 aromatic rings. The minimum absolute atomic E-state index is 0.0448. The van der Waals surface area contributed by atoms with Gasteiger partial charge in [0.1, 0.15) is 0 Å². The van der Waals surface area contributed by atoms with Crippen LogP contribution in [0.1, 0.15) is 53.4 Å². The summed E-state index contributed by atoms with van der Waals surface area (Å²) in [6, 6.07) is 0. The number of epoxide rings is 2. The van der Waals surface area contributed by atoms with Crippen LogP contribution in [0.25, 0.3) is 0 Å². The highest BCUT2D eigenvalue weighted by Gasteiger charge is 2.32. The van der Waals surface area contributed by atoms with E-state index < -0.39 is 0 Å². The van der Waals surface area contributed by atoms with Crippen LogP contribution in [0.3, 0.4) is 0 Å². The van der Waals surface area contributed by atoms with Gasteiger partial charge in [0.2, 0.25) is 0 Å². The Hall–Kier alpha value is -0.120. The van der Waals surface area contributed by atoms with Gasteiger partial charge in [0.05, 0.1) is 31.0 Å². The SMILES string of the molecule is CC(C)(CCOC(C)(C)CC1CO1)CCC1CO1. The molecule has 18 heavy (non-hydrogen) atoms. The second-order valence-corrected chi connectivity index (χ2v) is 7.18. The Kier molecular flexibility index (Phi) is 4.35. The van der Waals surface area contributed by atoms with E-state index in [1.165, 1.54) is 12.8 Å². The molecule has 0 aliphatic carbocycles. The Morgan fingerprint density at radius 3 is 2.17 bits per heavy atom. The molecule has 0 saturated carbocycles. The predicted molar refractivity (Wildman–Crippen MR) is 71.8 cm³/mol. The van der Waals surface area contributed by atoms with Gasteiger partial charge in [0.25, 0.3) is 0 Å². The molecule has 3 nitrogen and oxygen atoms in total. The molecule has 0 radical (unpaired) electrons. The van der Waals surface area contributed by atoms with E-state index in [1.807, 2.05) is 0 Å². The van der Waals surface area contributed by atoms with Crippen molar-refractivity contribution < 1.29 is 14.2 Å². The molecule has 2 unspecified atom stereocenters. The third kappa shape index (κ3) is 5.68. The summed E-state index contributed by atoms with van der Waals surface area (Å²) < 4.78 is 16.6. The number of hydrogen-bond acceptors (Lipinski definition) is 3. The van der Waals surface area contributed by atoms with Gasteiger partial charge in [-0.05, 0) is 38.5 Å². The molecule has 2 heterocycles. The van der Waals surface area contributed by atoms with Crippen LogP contribution in [0.15, 0.2) is 0 Å². The zero-order chi connectivity index (χ0) is 13.2. The molecule has 2 fully saturated rings. The maximum absolute atomic E-state index is 6.03. The van der Waals surface area contributed by atoms with Crippen molar-refractivity contribution in [3.63, 3.8) is 0 Å². The van der Waals surface area contributed by atoms with Gasteiger partial charge in [-0.15, -0.1) is 0 Å². The number of ether oxygens (including phenoxy) is 3. The van der Waals surface area contributed by atoms with Crippen LogP contribution in [-0.2, 0) is 14.2 Å². The summed E-state index contributed by atoms with van der Waals surface area (Å²) >= 11 is 0. The Morgan fingerprint density at radius 2 is 1.61 bits per heavy atom. The second kappa shape index (κ2) is 5.48. The molecule has 2 aliphatic rings. The first kappa shape index (κ1) is 14.3. The number of hydrogen-bond donors (Lipinski definition) is 0. The summed E-state index contributed by atoms with van der Waals surface area (Å²) in [6.07, 6.45) is 5.56. The Balaban J connectivity index is 1.59. The molecule has 2 saturated heterocycles. The molecule has 0 aromatic carbocycles. The van der Waals surface area contributed by atoms with Crippen LogP contribution in [0.4, 0.5) is 0 Å². The van der Waals surface area contributed by atoms with Crippen molar-refractivity contribution in [1.29, 1.82) is 0 Å². The van der Waals surface area contributed by atoms with Gasteiger partial charge in [-0.1, -0.05) is 13.8 Å². The second-order valence-electron chi connectivity index (χ2n) is 7.18. The highest BCUT2D eigenvalue weighted by Crippen LogP contribution is 2.32. The zero-order valence-electron chi connectivity index (χ0n) is 12.3. The van der Waals surface area contributed by atoms with Crippen LogP contribution in [0.5, 0.6) is 0 Å². The van der Waals surface area contributed by atoms with Crippen molar-refractivity contribution in [1.82, 2.24) is 0 Å². The maximum atomic E-state index is 6.03. The van der Waals surface area contributed by atoms with E-state index in [4.69, 9.17) is 14.2 Å². The molecule has 2 atom stereocenters. The summed E-state index contributed by atoms with van der Waals surface area (Å²) in [7, 11) is 0. The van der Waals surface area contributed by atoms with Crippen molar-refractivity contribution in [2.24, 2.45) is 5.41 Å². The lowest BCUT2D eigenvalue weighted by molar-refractivity contribution is -0.0388. The largest absolute Gasteiger partial charge is 0.375 e. The standard InChI is InChI=1S/C15H28O3/c1-14(2,6-5-12-10-16-12)7-8-18-15(3,4)9-13-11-17-13/h12-13H,5-11H2,1-4H3. The van der Waals surface area contributed by atoms with Gasteiger partial charge in [-0.3, -0.25) is 0 Å². The minimum Gasteiger partial charge on any atom is -0.375 e. The molecule has 0 aromatic heterocycles. The normalized spacial score (nSPS) is 27.3. The Morgan fingerprint density at radius 1 is 1.00 bits per heavy atom. The smallest absolute Gasteiger partial charge is 0.0837 e. The van der Waals surface area contributed by atoms with Crippen molar-refractivity contribution in [3.05, 3.63) is 0 Å². The van der Waals surface area contributed by atoms with E-state index in [1.54, 1.807) is 0 Å². The summed E-state index contributed by atoms with van der Waals surface area (Å²) in [5.41, 5.74) is 0.314. The fraction of sp³-hybridized carbons (Fsp3) is 1.00. The fourth-order valence-corrected chi connectivity index (χ4v) is 2.31. The van der Waals surface area contributed by atoms with E-state index in [-0.39, 0.29) is 5.60 Å². The average Bonchev–Trinajstić information content (AvgIpc) is 3.08. The number of rotatable bonds is 9. The van der Waals surface area contributed by atoms with E-state index in [0.717, 1.165) is 32.7 Å². The highest BCUT2D eigenvalue weighted by molar-refractivity contribution is 4.81. The van der Waals surface area contributed by atoms with E-state index >= 15 is 0 Å². The minimum atomic E-state index is -0.0448. The molecule has 0 amide bonds. The monoisotopic (exact) mass is 256 g/mol. The lowest BCUT2D eigenvalue weighted by Crippen LogP contribution is -2.28. The fourth-order valence-electron chi connectivity index (χ4n) is 2.31. The van der Waals surface area contributed by atoms with Crippen LogP contribution < -0.4 is 0 Å². The van der Waals surface area contributed by atoms with Gasteiger partial charge < -0.3 is 14.2 Å². The highest BCUT2D eigenvalue weighted by atomic mass is 16.6. The molecule has 106 valence electrons. The predicted octanol–water partition coefficient (Wildman–Crippen LogP) is 3.17. The van der Waals surface area contributed by atoms with Gasteiger partial charge in [-0.25, -0.2) is 0 Å². The zero-order valence-corrected chi connectivity index (χ0v) is 12.3. The van der Waals surface area contributed by atoms with Gasteiger partial charge in [0, 0.05) is 13.0 Å². The molecule has 0 bridgehead atoms. The lowest BCUT2D eigenvalue weighted by atomic mass is 9.84. The topological polar surface area (TPSA) is 34.3 Å². The third-order valence-corrected chi connectivity index (χ3v) is 3.94. The van der Waals surface area contributed by atoms with Gasteiger partial charge in [-0.2, -0.15) is 0 Å². The van der Waals surface area contributed by atoms with Crippen molar-refractivity contribution in [2.45, 2.75) is 71.2 Å². The van der Waals surface area contributed by atoms with Crippen molar-refractivity contribution in [2.75, 3.05) is 19.8 Å². The summed E-state index contributed by atoms with van der Waals surface area (Å²) in [5.74, 6) is 0. The first-order chi connectivity index (χ1) is 8.36. The molecular formula is C15H28O3. The average molecular weight is 256 g/mol. The maximum Gasteiger partial charge on any atom is 0.0837 e. The molecule has 0 N–H and O–H groups in total. The van der Waals surface area contributed by atoms with E-state index in [2.05, 4.69) is 27.7 Å². The molecule has 0 spiro atoms. The Labute approximate surface area is 111 Å². The third-order valence-electron chi connectivity index (χ3n) is 3.94. The van der Waals surface area contributed by atoms with Gasteiger partial charge >= 0.3 is 0 Å². The van der Waals surface area contributed by atoms with E-state index in [0.29, 0.717) is 17.6 Å². The molecule has 2 aliphatic heterocycles. The molecule has 3 heteroatoms. The van der Waals surface area contributed by atoms with Crippen molar-refractivity contribution >= 4 is 0 Å². The summed E-state index contributed by atoms with van der Waals surface area (Å²) in [5, 5.41) is 0. The Bertz CT molecular complexity index is 265. The van der Waals surface area contributed by atoms with Crippen molar-refractivity contribution in [3.8, 4) is 0 Å². The van der Waals surface area contributed by atoms with Gasteiger partial charge in [0.15, 0.2) is 0 Å². The quantitative estimate of drug-likeness (QED) is 0.594. The molecule has 2 rings (SSSR count).